The Kier molecular flexibility index (Phi) is 2.41. The van der Waals surface area contributed by atoms with E-state index in [0.717, 1.165) is 11.1 Å². The third kappa shape index (κ3) is 1.38. The van der Waals surface area contributed by atoms with E-state index in [9.17, 15) is 10.1 Å². The van der Waals surface area contributed by atoms with Crippen LogP contribution in [0.3, 0.4) is 0 Å². The summed E-state index contributed by atoms with van der Waals surface area (Å²) in [5.74, 6) is -0.196. The lowest BCUT2D eigenvalue weighted by atomic mass is 9.68. The van der Waals surface area contributed by atoms with Gasteiger partial charge in [-0.2, -0.15) is 5.26 Å². The van der Waals surface area contributed by atoms with Crippen molar-refractivity contribution in [1.29, 1.82) is 5.26 Å². The molecule has 1 atom stereocenters. The summed E-state index contributed by atoms with van der Waals surface area (Å²) < 4.78 is 5.46. The molecule has 1 aromatic carbocycles. The van der Waals surface area contributed by atoms with Gasteiger partial charge in [-0.05, 0) is 25.5 Å². The summed E-state index contributed by atoms with van der Waals surface area (Å²) in [5, 5.41) is 19.5. The van der Waals surface area contributed by atoms with Crippen molar-refractivity contribution in [2.45, 2.75) is 19.3 Å². The van der Waals surface area contributed by atoms with E-state index in [1.54, 1.807) is 6.92 Å². The van der Waals surface area contributed by atoms with Gasteiger partial charge in [-0.25, -0.2) is 0 Å². The van der Waals surface area contributed by atoms with Crippen molar-refractivity contribution in [3.63, 3.8) is 0 Å². The number of H-pyrrole nitrogens is 1. The number of nitriles is 1. The molecular formula is C16H13N5O2. The largest absolute Gasteiger partial charge is 0.420 e. The molecule has 0 saturated heterocycles. The van der Waals surface area contributed by atoms with Gasteiger partial charge in [0.05, 0.1) is 5.56 Å². The van der Waals surface area contributed by atoms with Gasteiger partial charge in [0.15, 0.2) is 0 Å². The van der Waals surface area contributed by atoms with E-state index in [1.165, 1.54) is 0 Å². The van der Waals surface area contributed by atoms with E-state index < -0.39 is 5.41 Å². The highest BCUT2D eigenvalue weighted by atomic mass is 16.5. The lowest BCUT2D eigenvalue weighted by molar-refractivity contribution is -0.118. The molecule has 23 heavy (non-hydrogen) atoms. The number of carbonyl (C=O) groups excluding carboxylic acids is 1. The Morgan fingerprint density at radius 1 is 1.35 bits per heavy atom. The molecule has 7 nitrogen and oxygen atoms in total. The zero-order chi connectivity index (χ0) is 16.4. The number of nitrogens with zero attached hydrogens (tertiary/aromatic N) is 2. The summed E-state index contributed by atoms with van der Waals surface area (Å²) in [6.45, 7) is 3.69. The highest BCUT2D eigenvalue weighted by molar-refractivity contribution is 6.13. The molecule has 0 fully saturated rings. The fourth-order valence-electron chi connectivity index (χ4n) is 3.60. The summed E-state index contributed by atoms with van der Waals surface area (Å²) in [6, 6.07) is 7.64. The number of ether oxygens (including phenoxy) is 1. The third-order valence-electron chi connectivity index (χ3n) is 4.47. The number of rotatable bonds is 0. The van der Waals surface area contributed by atoms with Crippen LogP contribution < -0.4 is 15.8 Å². The molecule has 1 amide bonds. The number of anilines is 1. The van der Waals surface area contributed by atoms with Crippen LogP contribution in [0.2, 0.25) is 0 Å². The van der Waals surface area contributed by atoms with Gasteiger partial charge in [0.2, 0.25) is 17.7 Å². The summed E-state index contributed by atoms with van der Waals surface area (Å²) in [4.78, 5) is 13.0. The number of benzene rings is 1. The average Bonchev–Trinajstić information content (AvgIpc) is 3.00. The van der Waals surface area contributed by atoms with Crippen molar-refractivity contribution in [3.05, 3.63) is 52.0 Å². The smallest absolute Gasteiger partial charge is 0.245 e. The predicted molar refractivity (Wildman–Crippen MR) is 81.4 cm³/mol. The van der Waals surface area contributed by atoms with Crippen LogP contribution in [0.25, 0.3) is 0 Å². The van der Waals surface area contributed by atoms with Crippen LogP contribution in [-0.4, -0.2) is 16.1 Å². The zero-order valence-electron chi connectivity index (χ0n) is 12.5. The summed E-state index contributed by atoms with van der Waals surface area (Å²) >= 11 is 0. The molecule has 0 bridgehead atoms. The zero-order valence-corrected chi connectivity index (χ0v) is 12.5. The first-order valence-electron chi connectivity index (χ1n) is 7.07. The Hall–Kier alpha value is -3.27. The molecule has 0 radical (unpaired) electrons. The molecule has 0 saturated carbocycles. The number of fused-ring (bicyclic) bond motifs is 4. The Labute approximate surface area is 131 Å². The summed E-state index contributed by atoms with van der Waals surface area (Å²) in [7, 11) is 0. The summed E-state index contributed by atoms with van der Waals surface area (Å²) in [6.07, 6.45) is 0. The number of aromatic nitrogens is 2. The number of aryl methyl sites for hydroxylation is 2. The van der Waals surface area contributed by atoms with Gasteiger partial charge in [-0.1, -0.05) is 12.1 Å². The first-order chi connectivity index (χ1) is 11.0. The van der Waals surface area contributed by atoms with Crippen LogP contribution >= 0.6 is 0 Å². The van der Waals surface area contributed by atoms with Gasteiger partial charge in [0.1, 0.15) is 17.1 Å². The van der Waals surface area contributed by atoms with E-state index in [0.29, 0.717) is 16.9 Å². The predicted octanol–water partition coefficient (Wildman–Crippen LogP) is 1.35. The van der Waals surface area contributed by atoms with Crippen molar-refractivity contribution in [1.82, 2.24) is 10.2 Å². The van der Waals surface area contributed by atoms with Crippen molar-refractivity contribution < 1.29 is 9.53 Å². The van der Waals surface area contributed by atoms with Gasteiger partial charge in [-0.3, -0.25) is 9.89 Å². The van der Waals surface area contributed by atoms with Crippen LogP contribution in [0.5, 0.6) is 5.88 Å². The van der Waals surface area contributed by atoms with E-state index in [4.69, 9.17) is 10.5 Å². The van der Waals surface area contributed by atoms with E-state index in [1.807, 2.05) is 25.1 Å². The highest BCUT2D eigenvalue weighted by Gasteiger charge is 2.58. The van der Waals surface area contributed by atoms with Crippen molar-refractivity contribution in [3.8, 4) is 11.9 Å². The number of hydrogen-bond acceptors (Lipinski definition) is 5. The van der Waals surface area contributed by atoms with Crippen molar-refractivity contribution in [2.24, 2.45) is 5.73 Å². The number of hydrogen-bond donors (Lipinski definition) is 3. The highest BCUT2D eigenvalue weighted by Crippen LogP contribution is 2.54. The maximum absolute atomic E-state index is 13.0. The van der Waals surface area contributed by atoms with Gasteiger partial charge < -0.3 is 15.8 Å². The van der Waals surface area contributed by atoms with Gasteiger partial charge in [0.25, 0.3) is 0 Å². The maximum Gasteiger partial charge on any atom is 0.245 e. The molecule has 0 aliphatic carbocycles. The SMILES string of the molecule is Cc1cccc2c1[C@]1(C(=O)N2)C(C#N)=C(N)Oc2n[nH]c(C)c21. The Morgan fingerprint density at radius 2 is 2.13 bits per heavy atom. The van der Waals surface area contributed by atoms with Gasteiger partial charge in [-0.15, -0.1) is 5.10 Å². The molecule has 4 N–H and O–H groups in total. The number of aromatic amines is 1. The molecule has 1 spiro atoms. The molecule has 0 unspecified atom stereocenters. The third-order valence-corrected chi connectivity index (χ3v) is 4.47. The molecule has 2 aromatic rings. The maximum atomic E-state index is 13.0. The average molecular weight is 307 g/mol. The van der Waals surface area contributed by atoms with Crippen molar-refractivity contribution in [2.75, 3.05) is 5.32 Å². The van der Waals surface area contributed by atoms with Gasteiger partial charge >= 0.3 is 0 Å². The fourth-order valence-corrected chi connectivity index (χ4v) is 3.60. The Morgan fingerprint density at radius 3 is 2.87 bits per heavy atom. The molecule has 3 heterocycles. The topological polar surface area (TPSA) is 117 Å². The number of carbonyl (C=O) groups is 1. The first-order valence-corrected chi connectivity index (χ1v) is 7.07. The second kappa shape index (κ2) is 4.14. The van der Waals surface area contributed by atoms with E-state index in [-0.39, 0.29) is 23.2 Å². The normalized spacial score (nSPS) is 21.5. The van der Waals surface area contributed by atoms with Crippen LogP contribution in [0.15, 0.2) is 29.7 Å². The molecule has 114 valence electrons. The molecule has 2 aliphatic heterocycles. The van der Waals surface area contributed by atoms with Crippen LogP contribution in [-0.2, 0) is 10.2 Å². The number of amides is 1. The molecule has 7 heteroatoms. The second-order valence-corrected chi connectivity index (χ2v) is 5.68. The minimum absolute atomic E-state index is 0.0834. The molecular weight excluding hydrogens is 294 g/mol. The monoisotopic (exact) mass is 307 g/mol. The molecule has 1 aromatic heterocycles. The fraction of sp³-hybridized carbons (Fsp3) is 0.188. The Balaban J connectivity index is 2.22. The lowest BCUT2D eigenvalue weighted by Crippen LogP contribution is -2.43. The van der Waals surface area contributed by atoms with Crippen LogP contribution in [0, 0.1) is 25.2 Å². The number of nitrogens with one attached hydrogen (secondary N) is 2. The van der Waals surface area contributed by atoms with Crippen LogP contribution in [0.4, 0.5) is 5.69 Å². The van der Waals surface area contributed by atoms with Crippen LogP contribution in [0.1, 0.15) is 22.4 Å². The standard InChI is InChI=1S/C16H13N5O2/c1-7-4-3-5-10-11(7)16(15(22)19-10)9(6-17)13(18)23-14-12(16)8(2)20-21-14/h3-5H,18H2,1-2H3,(H,19,22)(H,20,21)/t16-/m1/s1. The van der Waals surface area contributed by atoms with E-state index in [2.05, 4.69) is 21.6 Å². The quantitative estimate of drug-likeness (QED) is 0.679. The number of nitrogens with two attached hydrogens (primary N) is 1. The minimum Gasteiger partial charge on any atom is -0.420 e. The second-order valence-electron chi connectivity index (χ2n) is 5.68. The first kappa shape index (κ1) is 13.4. The van der Waals surface area contributed by atoms with E-state index >= 15 is 0 Å². The Bertz CT molecular complexity index is 950. The van der Waals surface area contributed by atoms with Crippen molar-refractivity contribution >= 4 is 11.6 Å². The molecule has 4 rings (SSSR count). The summed E-state index contributed by atoms with van der Waals surface area (Å²) in [5.41, 5.74) is 8.16. The molecule has 2 aliphatic rings. The lowest BCUT2D eigenvalue weighted by Gasteiger charge is -2.32. The minimum atomic E-state index is -1.33. The van der Waals surface area contributed by atoms with Gasteiger partial charge in [0, 0.05) is 16.9 Å².